The number of nitrogens with one attached hydrogen (secondary N) is 1. The number of aliphatic hydroxyl groups is 1. The molecule has 114 valence electrons. The van der Waals surface area contributed by atoms with Crippen molar-refractivity contribution in [2.24, 2.45) is 0 Å². The standard InChI is InChI=1S/C15H14FN3O3/c1-9-14-12(8-13(21)18(9)5-6-20)17-19(15(14)22)11-4-2-3-10(16)7-11/h2-4,7-8,17,20H,5-6H2,1H3. The minimum atomic E-state index is -0.459. The maximum atomic E-state index is 13.3. The van der Waals surface area contributed by atoms with E-state index < -0.39 is 5.82 Å². The van der Waals surface area contributed by atoms with Crippen LogP contribution >= 0.6 is 0 Å². The average molecular weight is 303 g/mol. The topological polar surface area (TPSA) is 80.0 Å². The van der Waals surface area contributed by atoms with Crippen molar-refractivity contribution in [3.63, 3.8) is 0 Å². The first-order valence-corrected chi connectivity index (χ1v) is 6.75. The molecular weight excluding hydrogens is 289 g/mol. The number of fused-ring (bicyclic) bond motifs is 1. The molecule has 6 nitrogen and oxygen atoms in total. The number of hydrogen-bond donors (Lipinski definition) is 2. The highest BCUT2D eigenvalue weighted by atomic mass is 19.1. The van der Waals surface area contributed by atoms with E-state index in [9.17, 15) is 14.0 Å². The van der Waals surface area contributed by atoms with E-state index in [1.54, 1.807) is 13.0 Å². The van der Waals surface area contributed by atoms with Crippen LogP contribution in [-0.2, 0) is 6.54 Å². The molecule has 0 bridgehead atoms. The molecule has 0 amide bonds. The van der Waals surface area contributed by atoms with Gasteiger partial charge in [-0.05, 0) is 25.1 Å². The Morgan fingerprint density at radius 1 is 1.27 bits per heavy atom. The summed E-state index contributed by atoms with van der Waals surface area (Å²) in [5.74, 6) is -0.459. The van der Waals surface area contributed by atoms with Gasteiger partial charge in [0.25, 0.3) is 11.1 Å². The van der Waals surface area contributed by atoms with Gasteiger partial charge in [0.2, 0.25) is 0 Å². The smallest absolute Gasteiger partial charge is 0.280 e. The van der Waals surface area contributed by atoms with Crippen molar-refractivity contribution in [2.75, 3.05) is 6.61 Å². The molecular formula is C15H14FN3O3. The second-order valence-electron chi connectivity index (χ2n) is 4.96. The van der Waals surface area contributed by atoms with Gasteiger partial charge in [0.05, 0.1) is 23.2 Å². The Balaban J connectivity index is 2.33. The van der Waals surface area contributed by atoms with Crippen LogP contribution in [0.4, 0.5) is 4.39 Å². The van der Waals surface area contributed by atoms with Gasteiger partial charge >= 0.3 is 0 Å². The number of hydrogen-bond acceptors (Lipinski definition) is 3. The van der Waals surface area contributed by atoms with Gasteiger partial charge in [0.15, 0.2) is 0 Å². The van der Waals surface area contributed by atoms with Crippen molar-refractivity contribution in [2.45, 2.75) is 13.5 Å². The molecule has 7 heteroatoms. The fraction of sp³-hybridized carbons (Fsp3) is 0.200. The summed E-state index contributed by atoms with van der Waals surface area (Å²) in [6.07, 6.45) is 0. The van der Waals surface area contributed by atoms with Crippen molar-refractivity contribution >= 4 is 10.9 Å². The number of rotatable bonds is 3. The Morgan fingerprint density at radius 2 is 2.05 bits per heavy atom. The van der Waals surface area contributed by atoms with Gasteiger partial charge in [0.1, 0.15) is 5.82 Å². The molecule has 3 aromatic rings. The molecule has 2 heterocycles. The molecule has 1 aromatic carbocycles. The van der Waals surface area contributed by atoms with E-state index in [0.717, 1.165) is 0 Å². The largest absolute Gasteiger partial charge is 0.395 e. The van der Waals surface area contributed by atoms with Gasteiger partial charge in [-0.25, -0.2) is 9.07 Å². The number of H-pyrrole nitrogens is 1. The summed E-state index contributed by atoms with van der Waals surface area (Å²) in [6, 6.07) is 6.91. The summed E-state index contributed by atoms with van der Waals surface area (Å²) in [5, 5.41) is 12.2. The Bertz CT molecular complexity index is 968. The molecule has 0 fully saturated rings. The van der Waals surface area contributed by atoms with E-state index in [2.05, 4.69) is 5.10 Å². The number of aryl methyl sites for hydroxylation is 1. The average Bonchev–Trinajstić information content (AvgIpc) is 2.80. The first kappa shape index (κ1) is 14.3. The second-order valence-corrected chi connectivity index (χ2v) is 4.96. The summed E-state index contributed by atoms with van der Waals surface area (Å²) in [6.45, 7) is 1.56. The Morgan fingerprint density at radius 3 is 2.73 bits per heavy atom. The molecule has 0 unspecified atom stereocenters. The molecule has 0 radical (unpaired) electrons. The molecule has 0 saturated heterocycles. The highest BCUT2D eigenvalue weighted by molar-refractivity contribution is 5.80. The zero-order valence-electron chi connectivity index (χ0n) is 11.8. The molecule has 3 rings (SSSR count). The first-order valence-electron chi connectivity index (χ1n) is 6.75. The summed E-state index contributed by atoms with van der Waals surface area (Å²) < 4.78 is 15.9. The number of pyridine rings is 1. The van der Waals surface area contributed by atoms with Crippen molar-refractivity contribution in [3.8, 4) is 5.69 Å². The summed E-state index contributed by atoms with van der Waals surface area (Å²) >= 11 is 0. The lowest BCUT2D eigenvalue weighted by molar-refractivity contribution is 0.273. The van der Waals surface area contributed by atoms with Crippen LogP contribution in [0.5, 0.6) is 0 Å². The lowest BCUT2D eigenvalue weighted by Crippen LogP contribution is -2.24. The molecule has 0 saturated carbocycles. The van der Waals surface area contributed by atoms with Crippen LogP contribution in [0, 0.1) is 12.7 Å². The van der Waals surface area contributed by atoms with Crippen LogP contribution in [0.2, 0.25) is 0 Å². The SMILES string of the molecule is Cc1c2c(=O)n(-c3cccc(F)c3)[nH]c2cc(=O)n1CCO. The lowest BCUT2D eigenvalue weighted by atomic mass is 10.2. The zero-order chi connectivity index (χ0) is 15.9. The van der Waals surface area contributed by atoms with E-state index in [-0.39, 0.29) is 24.3 Å². The highest BCUT2D eigenvalue weighted by Crippen LogP contribution is 2.14. The molecule has 0 aliphatic rings. The van der Waals surface area contributed by atoms with Gasteiger partial charge in [-0.3, -0.25) is 14.7 Å². The Hall–Kier alpha value is -2.67. The summed E-state index contributed by atoms with van der Waals surface area (Å²) in [5.41, 5.74) is 0.511. The quantitative estimate of drug-likeness (QED) is 0.755. The number of aromatic amines is 1. The van der Waals surface area contributed by atoms with Gasteiger partial charge in [-0.15, -0.1) is 0 Å². The minimum Gasteiger partial charge on any atom is -0.395 e. The number of aliphatic hydroxyl groups excluding tert-OH is 1. The molecule has 0 atom stereocenters. The van der Waals surface area contributed by atoms with Crippen molar-refractivity contribution in [3.05, 3.63) is 62.6 Å². The third kappa shape index (κ3) is 2.15. The number of nitrogens with zero attached hydrogens (tertiary/aromatic N) is 2. The van der Waals surface area contributed by atoms with Crippen molar-refractivity contribution in [1.29, 1.82) is 0 Å². The molecule has 2 N–H and O–H groups in total. The highest BCUT2D eigenvalue weighted by Gasteiger charge is 2.15. The predicted octanol–water partition coefficient (Wildman–Crippen LogP) is 0.920. The maximum Gasteiger partial charge on any atom is 0.280 e. The molecule has 0 aliphatic carbocycles. The fourth-order valence-corrected chi connectivity index (χ4v) is 2.58. The zero-order valence-corrected chi connectivity index (χ0v) is 11.8. The minimum absolute atomic E-state index is 0.116. The molecule has 22 heavy (non-hydrogen) atoms. The third-order valence-corrected chi connectivity index (χ3v) is 3.61. The van der Waals surface area contributed by atoms with Crippen molar-refractivity contribution in [1.82, 2.24) is 14.3 Å². The second kappa shape index (κ2) is 5.27. The Kier molecular flexibility index (Phi) is 3.42. The van der Waals surface area contributed by atoms with E-state index in [0.29, 0.717) is 22.3 Å². The van der Waals surface area contributed by atoms with Crippen molar-refractivity contribution < 1.29 is 9.50 Å². The normalized spacial score (nSPS) is 11.2. The molecule has 0 spiro atoms. The van der Waals surface area contributed by atoms with E-state index in [1.165, 1.54) is 33.5 Å². The van der Waals surface area contributed by atoms with Crippen LogP contribution in [0.3, 0.4) is 0 Å². The van der Waals surface area contributed by atoms with Crippen LogP contribution in [0.1, 0.15) is 5.69 Å². The molecule has 0 aliphatic heterocycles. The van der Waals surface area contributed by atoms with Gasteiger partial charge in [0, 0.05) is 18.3 Å². The maximum absolute atomic E-state index is 13.3. The number of halogens is 1. The predicted molar refractivity (Wildman–Crippen MR) is 79.9 cm³/mol. The summed E-state index contributed by atoms with van der Waals surface area (Å²) in [4.78, 5) is 24.6. The van der Waals surface area contributed by atoms with Crippen LogP contribution in [0.25, 0.3) is 16.6 Å². The first-order chi connectivity index (χ1) is 10.5. The Labute approximate surface area is 124 Å². The van der Waals surface area contributed by atoms with Gasteiger partial charge in [-0.1, -0.05) is 6.07 Å². The van der Waals surface area contributed by atoms with E-state index >= 15 is 0 Å². The van der Waals surface area contributed by atoms with Crippen LogP contribution in [0.15, 0.2) is 39.9 Å². The fourth-order valence-electron chi connectivity index (χ4n) is 2.58. The monoisotopic (exact) mass is 303 g/mol. The van der Waals surface area contributed by atoms with Crippen LogP contribution < -0.4 is 11.1 Å². The number of aromatic nitrogens is 3. The molecule has 2 aromatic heterocycles. The number of benzene rings is 1. The van der Waals surface area contributed by atoms with Gasteiger partial charge < -0.3 is 9.67 Å². The van der Waals surface area contributed by atoms with Crippen LogP contribution in [-0.4, -0.2) is 26.1 Å². The van der Waals surface area contributed by atoms with Gasteiger partial charge in [-0.2, -0.15) is 0 Å². The third-order valence-electron chi connectivity index (χ3n) is 3.61. The lowest BCUT2D eigenvalue weighted by Gasteiger charge is -2.07. The summed E-state index contributed by atoms with van der Waals surface area (Å²) in [7, 11) is 0. The van der Waals surface area contributed by atoms with E-state index in [4.69, 9.17) is 5.11 Å². The van der Waals surface area contributed by atoms with E-state index in [1.807, 2.05) is 0 Å².